The highest BCUT2D eigenvalue weighted by molar-refractivity contribution is 5.41. The van der Waals surface area contributed by atoms with E-state index in [9.17, 15) is 4.39 Å². The molecular formula is C12H19FN4. The number of unbranched alkanes of at least 4 members (excludes halogenated alkanes) is 1. The lowest BCUT2D eigenvalue weighted by molar-refractivity contribution is 0.544. The Hall–Kier alpha value is -1.23. The summed E-state index contributed by atoms with van der Waals surface area (Å²) in [5.41, 5.74) is 0.551. The lowest BCUT2D eigenvalue weighted by atomic mass is 10.2. The van der Waals surface area contributed by atoms with Crippen LogP contribution in [0.1, 0.15) is 25.5 Å². The van der Waals surface area contributed by atoms with Gasteiger partial charge in [0.1, 0.15) is 6.33 Å². The van der Waals surface area contributed by atoms with E-state index in [0.717, 1.165) is 39.0 Å². The lowest BCUT2D eigenvalue weighted by Crippen LogP contribution is -2.44. The first kappa shape index (κ1) is 12.2. The molecule has 0 unspecified atom stereocenters. The molecule has 1 fully saturated rings. The summed E-state index contributed by atoms with van der Waals surface area (Å²) in [6, 6.07) is 0. The Morgan fingerprint density at radius 1 is 1.35 bits per heavy atom. The van der Waals surface area contributed by atoms with Gasteiger partial charge >= 0.3 is 0 Å². The second-order valence-corrected chi connectivity index (χ2v) is 4.30. The Morgan fingerprint density at radius 2 is 2.12 bits per heavy atom. The molecule has 0 aliphatic carbocycles. The average Bonchev–Trinajstić information content (AvgIpc) is 2.39. The molecule has 1 aliphatic rings. The van der Waals surface area contributed by atoms with E-state index < -0.39 is 0 Å². The topological polar surface area (TPSA) is 41.1 Å². The summed E-state index contributed by atoms with van der Waals surface area (Å²) in [6.07, 6.45) is 4.19. The number of nitrogens with zero attached hydrogens (tertiary/aromatic N) is 3. The summed E-state index contributed by atoms with van der Waals surface area (Å²) in [5, 5.41) is 3.25. The standard InChI is InChI=1S/C12H19FN4/c1-2-3-4-10-11(13)12(16-9-15-10)17-7-5-14-6-8-17/h9,14H,2-8H2,1H3. The highest BCUT2D eigenvalue weighted by Crippen LogP contribution is 2.19. The fraction of sp³-hybridized carbons (Fsp3) is 0.667. The molecule has 0 spiro atoms. The van der Waals surface area contributed by atoms with Crippen molar-refractivity contribution < 1.29 is 4.39 Å². The predicted molar refractivity (Wildman–Crippen MR) is 65.7 cm³/mol. The molecule has 0 aromatic carbocycles. The Kier molecular flexibility index (Phi) is 4.25. The molecule has 94 valence electrons. The first-order valence-corrected chi connectivity index (χ1v) is 6.28. The van der Waals surface area contributed by atoms with Gasteiger partial charge in [0.15, 0.2) is 11.6 Å². The first-order chi connectivity index (χ1) is 8.33. The largest absolute Gasteiger partial charge is 0.352 e. The lowest BCUT2D eigenvalue weighted by Gasteiger charge is -2.28. The van der Waals surface area contributed by atoms with Gasteiger partial charge in [-0.2, -0.15) is 0 Å². The number of hydrogen-bond acceptors (Lipinski definition) is 4. The van der Waals surface area contributed by atoms with Crippen molar-refractivity contribution in [1.82, 2.24) is 15.3 Å². The molecular weight excluding hydrogens is 219 g/mol. The molecule has 2 rings (SSSR count). The highest BCUT2D eigenvalue weighted by Gasteiger charge is 2.18. The van der Waals surface area contributed by atoms with E-state index in [4.69, 9.17) is 0 Å². The third kappa shape index (κ3) is 2.91. The zero-order chi connectivity index (χ0) is 12.1. The van der Waals surface area contributed by atoms with Crippen LogP contribution in [0.25, 0.3) is 0 Å². The van der Waals surface area contributed by atoms with Crippen molar-refractivity contribution in [1.29, 1.82) is 0 Å². The number of aromatic nitrogens is 2. The molecule has 1 N–H and O–H groups in total. The number of rotatable bonds is 4. The van der Waals surface area contributed by atoms with E-state index in [1.54, 1.807) is 0 Å². The second kappa shape index (κ2) is 5.91. The van der Waals surface area contributed by atoms with Gasteiger partial charge in [-0.1, -0.05) is 13.3 Å². The highest BCUT2D eigenvalue weighted by atomic mass is 19.1. The number of nitrogens with one attached hydrogen (secondary N) is 1. The summed E-state index contributed by atoms with van der Waals surface area (Å²) in [5.74, 6) is 0.232. The molecule has 2 heterocycles. The first-order valence-electron chi connectivity index (χ1n) is 6.28. The van der Waals surface area contributed by atoms with Crippen LogP contribution >= 0.6 is 0 Å². The minimum Gasteiger partial charge on any atom is -0.352 e. The van der Waals surface area contributed by atoms with Crippen LogP contribution in [0.4, 0.5) is 10.2 Å². The van der Waals surface area contributed by atoms with Crippen molar-refractivity contribution in [3.05, 3.63) is 17.8 Å². The Labute approximate surface area is 101 Å². The van der Waals surface area contributed by atoms with Crippen LogP contribution in [0.5, 0.6) is 0 Å². The van der Waals surface area contributed by atoms with Gasteiger partial charge in [0.05, 0.1) is 5.69 Å². The van der Waals surface area contributed by atoms with Crippen molar-refractivity contribution in [3.63, 3.8) is 0 Å². The summed E-state index contributed by atoms with van der Waals surface area (Å²) < 4.78 is 14.2. The van der Waals surface area contributed by atoms with Gasteiger partial charge in [-0.3, -0.25) is 0 Å². The average molecular weight is 238 g/mol. The van der Waals surface area contributed by atoms with E-state index in [2.05, 4.69) is 22.2 Å². The van der Waals surface area contributed by atoms with Crippen LogP contribution in [0.2, 0.25) is 0 Å². The molecule has 0 bridgehead atoms. The monoisotopic (exact) mass is 238 g/mol. The Balaban J connectivity index is 2.15. The molecule has 0 radical (unpaired) electrons. The molecule has 1 aromatic rings. The number of hydrogen-bond donors (Lipinski definition) is 1. The quantitative estimate of drug-likeness (QED) is 0.860. The number of piperazine rings is 1. The van der Waals surface area contributed by atoms with Crippen LogP contribution in [0.15, 0.2) is 6.33 Å². The van der Waals surface area contributed by atoms with Crippen molar-refractivity contribution in [2.24, 2.45) is 0 Å². The van der Waals surface area contributed by atoms with Gasteiger partial charge in [-0.15, -0.1) is 0 Å². The summed E-state index contributed by atoms with van der Waals surface area (Å²) in [7, 11) is 0. The van der Waals surface area contributed by atoms with Crippen molar-refractivity contribution in [3.8, 4) is 0 Å². The van der Waals surface area contributed by atoms with Gasteiger partial charge in [-0.05, 0) is 12.8 Å². The molecule has 1 aromatic heterocycles. The maximum absolute atomic E-state index is 14.2. The van der Waals surface area contributed by atoms with Crippen LogP contribution in [-0.2, 0) is 6.42 Å². The molecule has 17 heavy (non-hydrogen) atoms. The number of halogens is 1. The molecule has 1 saturated heterocycles. The van der Waals surface area contributed by atoms with E-state index in [-0.39, 0.29) is 5.82 Å². The summed E-state index contributed by atoms with van der Waals surface area (Å²) >= 11 is 0. The van der Waals surface area contributed by atoms with Gasteiger partial charge in [0, 0.05) is 26.2 Å². The van der Waals surface area contributed by atoms with Crippen LogP contribution in [0, 0.1) is 5.82 Å². The number of anilines is 1. The molecule has 5 heteroatoms. The Bertz CT molecular complexity index is 364. The van der Waals surface area contributed by atoms with Crippen LogP contribution < -0.4 is 10.2 Å². The van der Waals surface area contributed by atoms with Gasteiger partial charge in [0.2, 0.25) is 0 Å². The zero-order valence-electron chi connectivity index (χ0n) is 10.2. The summed E-state index contributed by atoms with van der Waals surface area (Å²) in [6.45, 7) is 5.47. The van der Waals surface area contributed by atoms with Gasteiger partial charge in [0.25, 0.3) is 0 Å². The molecule has 1 aliphatic heterocycles. The van der Waals surface area contributed by atoms with E-state index >= 15 is 0 Å². The maximum Gasteiger partial charge on any atom is 0.187 e. The Morgan fingerprint density at radius 3 is 2.82 bits per heavy atom. The normalized spacial score (nSPS) is 16.2. The zero-order valence-corrected chi connectivity index (χ0v) is 10.2. The SMILES string of the molecule is CCCCc1ncnc(N2CCNCC2)c1F. The van der Waals surface area contributed by atoms with E-state index in [0.29, 0.717) is 17.9 Å². The van der Waals surface area contributed by atoms with Crippen LogP contribution in [0.3, 0.4) is 0 Å². The molecule has 0 saturated carbocycles. The maximum atomic E-state index is 14.2. The van der Waals surface area contributed by atoms with Gasteiger partial charge in [-0.25, -0.2) is 14.4 Å². The fourth-order valence-corrected chi connectivity index (χ4v) is 2.01. The third-order valence-electron chi connectivity index (χ3n) is 3.03. The minimum absolute atomic E-state index is 0.233. The predicted octanol–water partition coefficient (Wildman–Crippen LogP) is 1.37. The third-order valence-corrected chi connectivity index (χ3v) is 3.03. The van der Waals surface area contributed by atoms with E-state index in [1.807, 2.05) is 4.90 Å². The van der Waals surface area contributed by atoms with Gasteiger partial charge < -0.3 is 10.2 Å². The number of aryl methyl sites for hydroxylation is 1. The smallest absolute Gasteiger partial charge is 0.187 e. The molecule has 0 amide bonds. The van der Waals surface area contributed by atoms with Crippen molar-refractivity contribution in [2.45, 2.75) is 26.2 Å². The summed E-state index contributed by atoms with van der Waals surface area (Å²) in [4.78, 5) is 10.1. The van der Waals surface area contributed by atoms with Crippen molar-refractivity contribution in [2.75, 3.05) is 31.1 Å². The minimum atomic E-state index is -0.233. The van der Waals surface area contributed by atoms with Crippen molar-refractivity contribution >= 4 is 5.82 Å². The second-order valence-electron chi connectivity index (χ2n) is 4.30. The van der Waals surface area contributed by atoms with E-state index in [1.165, 1.54) is 6.33 Å². The van der Waals surface area contributed by atoms with Crippen LogP contribution in [-0.4, -0.2) is 36.1 Å². The molecule has 4 nitrogen and oxygen atoms in total. The molecule has 0 atom stereocenters. The fourth-order valence-electron chi connectivity index (χ4n) is 2.01.